The van der Waals surface area contributed by atoms with Gasteiger partial charge in [-0.1, -0.05) is 0 Å². The van der Waals surface area contributed by atoms with Crippen molar-refractivity contribution in [3.05, 3.63) is 46.3 Å². The fraction of sp³-hybridized carbons (Fsp3) is 0.0769. The van der Waals surface area contributed by atoms with Crippen molar-refractivity contribution in [1.82, 2.24) is 15.2 Å². The molecule has 0 spiro atoms. The SMILES string of the molecule is Cc1cc(N)c([N+](=O)[O-])c(Nc2ccc3cn[nH]c3c2)n1. The minimum absolute atomic E-state index is 0.0811. The predicted octanol–water partition coefficient (Wildman–Crippen LogP) is 2.50. The Morgan fingerprint density at radius 2 is 2.19 bits per heavy atom. The van der Waals surface area contributed by atoms with E-state index in [2.05, 4.69) is 20.5 Å². The van der Waals surface area contributed by atoms with Gasteiger partial charge in [0, 0.05) is 16.8 Å². The molecule has 3 rings (SSSR count). The minimum Gasteiger partial charge on any atom is -0.393 e. The number of pyridine rings is 1. The van der Waals surface area contributed by atoms with E-state index < -0.39 is 4.92 Å². The highest BCUT2D eigenvalue weighted by molar-refractivity contribution is 5.84. The van der Waals surface area contributed by atoms with Crippen LogP contribution in [0.1, 0.15) is 5.69 Å². The Hall–Kier alpha value is -3.16. The molecule has 0 amide bonds. The van der Waals surface area contributed by atoms with Gasteiger partial charge in [0.15, 0.2) is 0 Å². The van der Waals surface area contributed by atoms with Gasteiger partial charge >= 0.3 is 5.69 Å². The van der Waals surface area contributed by atoms with E-state index in [1.54, 1.807) is 25.3 Å². The number of nitrogens with one attached hydrogen (secondary N) is 2. The van der Waals surface area contributed by atoms with Crippen LogP contribution in [0, 0.1) is 17.0 Å². The van der Waals surface area contributed by atoms with Gasteiger partial charge in [-0.25, -0.2) is 4.98 Å². The minimum atomic E-state index is -0.543. The number of benzene rings is 1. The lowest BCUT2D eigenvalue weighted by atomic mass is 10.2. The lowest BCUT2D eigenvalue weighted by Crippen LogP contribution is -2.04. The monoisotopic (exact) mass is 284 g/mol. The van der Waals surface area contributed by atoms with Crippen LogP contribution in [0.15, 0.2) is 30.5 Å². The molecule has 3 aromatic rings. The molecule has 0 saturated heterocycles. The van der Waals surface area contributed by atoms with Gasteiger partial charge in [0.2, 0.25) is 5.82 Å². The van der Waals surface area contributed by atoms with Crippen molar-refractivity contribution in [2.45, 2.75) is 6.92 Å². The highest BCUT2D eigenvalue weighted by Crippen LogP contribution is 2.32. The van der Waals surface area contributed by atoms with Gasteiger partial charge in [-0.15, -0.1) is 0 Å². The standard InChI is InChI=1S/C13H12N6O2/c1-7-4-10(14)12(19(20)21)13(16-7)17-9-3-2-8-6-15-18-11(8)5-9/h2-6H,1H3,(H,15,18)(H3,14,16,17). The number of hydrogen-bond donors (Lipinski definition) is 3. The number of anilines is 3. The van der Waals surface area contributed by atoms with E-state index in [9.17, 15) is 10.1 Å². The average molecular weight is 284 g/mol. The first-order valence-electron chi connectivity index (χ1n) is 6.16. The van der Waals surface area contributed by atoms with Crippen molar-refractivity contribution in [3.8, 4) is 0 Å². The van der Waals surface area contributed by atoms with Crippen molar-refractivity contribution >= 4 is 33.8 Å². The quantitative estimate of drug-likeness (QED) is 0.501. The molecule has 0 radical (unpaired) electrons. The third kappa shape index (κ3) is 2.34. The smallest absolute Gasteiger partial charge is 0.334 e. The largest absolute Gasteiger partial charge is 0.393 e. The number of nitro groups is 1. The lowest BCUT2D eigenvalue weighted by molar-refractivity contribution is -0.383. The maximum absolute atomic E-state index is 11.1. The molecule has 0 aliphatic rings. The van der Waals surface area contributed by atoms with Gasteiger partial charge in [-0.05, 0) is 31.2 Å². The second-order valence-corrected chi connectivity index (χ2v) is 4.60. The van der Waals surface area contributed by atoms with E-state index in [0.717, 1.165) is 10.9 Å². The Morgan fingerprint density at radius 1 is 1.38 bits per heavy atom. The molecule has 21 heavy (non-hydrogen) atoms. The van der Waals surface area contributed by atoms with Gasteiger partial charge in [-0.3, -0.25) is 15.2 Å². The van der Waals surface area contributed by atoms with Gasteiger partial charge in [0.1, 0.15) is 5.69 Å². The van der Waals surface area contributed by atoms with Crippen molar-refractivity contribution < 1.29 is 4.92 Å². The number of aryl methyl sites for hydroxylation is 1. The fourth-order valence-electron chi connectivity index (χ4n) is 2.12. The van der Waals surface area contributed by atoms with E-state index in [-0.39, 0.29) is 17.2 Å². The molecule has 2 aromatic heterocycles. The number of H-pyrrole nitrogens is 1. The molecule has 106 valence electrons. The first-order valence-corrected chi connectivity index (χ1v) is 6.16. The summed E-state index contributed by atoms with van der Waals surface area (Å²) in [4.78, 5) is 14.8. The number of nitrogens with zero attached hydrogens (tertiary/aromatic N) is 3. The number of aromatic amines is 1. The van der Waals surface area contributed by atoms with Crippen LogP contribution in [0.4, 0.5) is 22.9 Å². The van der Waals surface area contributed by atoms with Crippen LogP contribution in [-0.2, 0) is 0 Å². The summed E-state index contributed by atoms with van der Waals surface area (Å²) in [5.74, 6) is 0.122. The summed E-state index contributed by atoms with van der Waals surface area (Å²) in [5, 5.41) is 21.8. The second-order valence-electron chi connectivity index (χ2n) is 4.60. The summed E-state index contributed by atoms with van der Waals surface area (Å²) < 4.78 is 0. The molecule has 0 atom stereocenters. The number of nitrogen functional groups attached to an aromatic ring is 1. The third-order valence-corrected chi connectivity index (χ3v) is 3.04. The molecule has 0 aliphatic carbocycles. The van der Waals surface area contributed by atoms with Crippen LogP contribution in [0.3, 0.4) is 0 Å². The van der Waals surface area contributed by atoms with Crippen LogP contribution in [0.2, 0.25) is 0 Å². The van der Waals surface area contributed by atoms with Crippen LogP contribution in [0.5, 0.6) is 0 Å². The molecular formula is C13H12N6O2. The van der Waals surface area contributed by atoms with Gasteiger partial charge in [0.05, 0.1) is 16.6 Å². The Kier molecular flexibility index (Phi) is 2.90. The van der Waals surface area contributed by atoms with E-state index in [1.807, 2.05) is 6.07 Å². The van der Waals surface area contributed by atoms with Crippen molar-refractivity contribution in [2.24, 2.45) is 0 Å². The highest BCUT2D eigenvalue weighted by Gasteiger charge is 2.20. The molecule has 0 unspecified atom stereocenters. The molecule has 0 saturated carbocycles. The summed E-state index contributed by atoms with van der Waals surface area (Å²) in [5.41, 5.74) is 7.65. The van der Waals surface area contributed by atoms with Crippen LogP contribution >= 0.6 is 0 Å². The van der Waals surface area contributed by atoms with E-state index in [4.69, 9.17) is 5.73 Å². The van der Waals surface area contributed by atoms with Crippen LogP contribution in [-0.4, -0.2) is 20.1 Å². The Bertz CT molecular complexity index is 842. The molecule has 0 bridgehead atoms. The zero-order valence-corrected chi connectivity index (χ0v) is 11.1. The molecule has 8 heteroatoms. The van der Waals surface area contributed by atoms with Crippen LogP contribution < -0.4 is 11.1 Å². The molecular weight excluding hydrogens is 272 g/mol. The van der Waals surface area contributed by atoms with Gasteiger partial charge in [0.25, 0.3) is 0 Å². The lowest BCUT2D eigenvalue weighted by Gasteiger charge is -2.09. The molecule has 1 aromatic carbocycles. The summed E-state index contributed by atoms with van der Waals surface area (Å²) >= 11 is 0. The van der Waals surface area contributed by atoms with Crippen molar-refractivity contribution in [3.63, 3.8) is 0 Å². The maximum atomic E-state index is 11.1. The summed E-state index contributed by atoms with van der Waals surface area (Å²) in [7, 11) is 0. The third-order valence-electron chi connectivity index (χ3n) is 3.04. The Morgan fingerprint density at radius 3 is 2.95 bits per heavy atom. The normalized spacial score (nSPS) is 10.7. The number of rotatable bonds is 3. The van der Waals surface area contributed by atoms with Crippen molar-refractivity contribution in [1.29, 1.82) is 0 Å². The van der Waals surface area contributed by atoms with Gasteiger partial charge < -0.3 is 11.1 Å². The van der Waals surface area contributed by atoms with E-state index in [0.29, 0.717) is 11.4 Å². The first kappa shape index (κ1) is 12.9. The number of aromatic nitrogens is 3. The molecule has 0 fully saturated rings. The van der Waals surface area contributed by atoms with E-state index >= 15 is 0 Å². The first-order chi connectivity index (χ1) is 10.0. The Balaban J connectivity index is 2.06. The zero-order chi connectivity index (χ0) is 15.0. The summed E-state index contributed by atoms with van der Waals surface area (Å²) in [6, 6.07) is 6.92. The fourth-order valence-corrected chi connectivity index (χ4v) is 2.12. The summed E-state index contributed by atoms with van der Waals surface area (Å²) in [6.07, 6.45) is 1.70. The Labute approximate surface area is 119 Å². The van der Waals surface area contributed by atoms with Gasteiger partial charge in [-0.2, -0.15) is 5.10 Å². The average Bonchev–Trinajstić information content (AvgIpc) is 2.84. The van der Waals surface area contributed by atoms with E-state index in [1.165, 1.54) is 6.07 Å². The predicted molar refractivity (Wildman–Crippen MR) is 79.4 cm³/mol. The van der Waals surface area contributed by atoms with Crippen LogP contribution in [0.25, 0.3) is 10.9 Å². The second kappa shape index (κ2) is 4.75. The topological polar surface area (TPSA) is 123 Å². The summed E-state index contributed by atoms with van der Waals surface area (Å²) in [6.45, 7) is 1.73. The molecule has 2 heterocycles. The highest BCUT2D eigenvalue weighted by atomic mass is 16.6. The molecule has 0 aliphatic heterocycles. The molecule has 4 N–H and O–H groups in total. The molecule has 8 nitrogen and oxygen atoms in total. The maximum Gasteiger partial charge on any atom is 0.334 e. The number of hydrogen-bond acceptors (Lipinski definition) is 6. The number of fused-ring (bicyclic) bond motifs is 1. The zero-order valence-electron chi connectivity index (χ0n) is 11.1. The van der Waals surface area contributed by atoms with Crippen molar-refractivity contribution in [2.75, 3.05) is 11.1 Å². The number of nitrogens with two attached hydrogens (primary N) is 1.